The number of aromatic nitrogens is 2. The van der Waals surface area contributed by atoms with Gasteiger partial charge < -0.3 is 10.1 Å². The molecule has 7 heteroatoms. The van der Waals surface area contributed by atoms with Crippen molar-refractivity contribution in [2.45, 2.75) is 12.5 Å². The summed E-state index contributed by atoms with van der Waals surface area (Å²) in [7, 11) is 0. The molecule has 1 fully saturated rings. The standard InChI is InChI=1S/C21H19F2N3O2/c22-17-3-5-18(6-4-17)26-13-16(11-25-26)20(27)10-14-1-2-15(9-19(14)23)21-12-24-7-8-28-21/h1-6,9,11,13,21,24H,7-8,10,12H2/t21-/m0/s1. The van der Waals surface area contributed by atoms with E-state index in [2.05, 4.69) is 10.4 Å². The molecular weight excluding hydrogens is 364 g/mol. The van der Waals surface area contributed by atoms with Crippen LogP contribution in [0.2, 0.25) is 0 Å². The van der Waals surface area contributed by atoms with Gasteiger partial charge in [0.1, 0.15) is 11.6 Å². The summed E-state index contributed by atoms with van der Waals surface area (Å²) in [5.41, 5.74) is 2.08. The molecule has 0 unspecified atom stereocenters. The topological polar surface area (TPSA) is 56.1 Å². The highest BCUT2D eigenvalue weighted by molar-refractivity contribution is 5.97. The van der Waals surface area contributed by atoms with E-state index in [9.17, 15) is 13.6 Å². The lowest BCUT2D eigenvalue weighted by molar-refractivity contribution is 0.0275. The zero-order chi connectivity index (χ0) is 19.5. The van der Waals surface area contributed by atoms with Crippen molar-refractivity contribution in [2.75, 3.05) is 19.7 Å². The molecule has 0 amide bonds. The van der Waals surface area contributed by atoms with Crippen molar-refractivity contribution < 1.29 is 18.3 Å². The minimum Gasteiger partial charge on any atom is -0.371 e. The predicted molar refractivity (Wildman–Crippen MR) is 99.5 cm³/mol. The SMILES string of the molecule is O=C(Cc1ccc([C@@H]2CNCCO2)cc1F)c1cnn(-c2ccc(F)cc2)c1. The summed E-state index contributed by atoms with van der Waals surface area (Å²) in [6.07, 6.45) is 2.75. The number of hydrogen-bond acceptors (Lipinski definition) is 4. The fourth-order valence-electron chi connectivity index (χ4n) is 3.16. The number of benzene rings is 2. The number of hydrogen-bond donors (Lipinski definition) is 1. The largest absolute Gasteiger partial charge is 0.371 e. The zero-order valence-corrected chi connectivity index (χ0v) is 15.1. The molecule has 1 atom stereocenters. The number of ether oxygens (including phenoxy) is 1. The molecule has 0 bridgehead atoms. The molecule has 28 heavy (non-hydrogen) atoms. The van der Waals surface area contributed by atoms with Crippen LogP contribution in [0.3, 0.4) is 0 Å². The Hall–Kier alpha value is -2.90. The average molecular weight is 383 g/mol. The molecule has 0 radical (unpaired) electrons. The van der Waals surface area contributed by atoms with Crippen molar-refractivity contribution in [3.63, 3.8) is 0 Å². The van der Waals surface area contributed by atoms with Crippen LogP contribution < -0.4 is 5.32 Å². The maximum atomic E-state index is 14.5. The molecular formula is C21H19F2N3O2. The summed E-state index contributed by atoms with van der Waals surface area (Å²) in [6, 6.07) is 10.6. The van der Waals surface area contributed by atoms with Crippen LogP contribution in [0.25, 0.3) is 5.69 Å². The second-order valence-corrected chi connectivity index (χ2v) is 6.66. The first-order valence-corrected chi connectivity index (χ1v) is 9.04. The molecule has 4 rings (SSSR count). The summed E-state index contributed by atoms with van der Waals surface area (Å²) in [5.74, 6) is -1.01. The second kappa shape index (κ2) is 8.00. The first kappa shape index (κ1) is 18.5. The predicted octanol–water partition coefficient (Wildman–Crippen LogP) is 3.24. The Balaban J connectivity index is 1.47. The van der Waals surface area contributed by atoms with Gasteiger partial charge in [-0.1, -0.05) is 12.1 Å². The van der Waals surface area contributed by atoms with Crippen LogP contribution >= 0.6 is 0 Å². The van der Waals surface area contributed by atoms with E-state index < -0.39 is 5.82 Å². The lowest BCUT2D eigenvalue weighted by atomic mass is 10.0. The number of rotatable bonds is 5. The van der Waals surface area contributed by atoms with Crippen LogP contribution in [-0.2, 0) is 11.2 Å². The lowest BCUT2D eigenvalue weighted by Crippen LogP contribution is -2.33. The summed E-state index contributed by atoms with van der Waals surface area (Å²) in [4.78, 5) is 12.5. The highest BCUT2D eigenvalue weighted by atomic mass is 19.1. The van der Waals surface area contributed by atoms with Gasteiger partial charge in [0.05, 0.1) is 30.2 Å². The lowest BCUT2D eigenvalue weighted by Gasteiger charge is -2.24. The third-order valence-electron chi connectivity index (χ3n) is 4.72. The number of nitrogens with zero attached hydrogens (tertiary/aromatic N) is 2. The van der Waals surface area contributed by atoms with Gasteiger partial charge in [0.15, 0.2) is 5.78 Å². The third kappa shape index (κ3) is 4.00. The number of morpholine rings is 1. The molecule has 0 saturated carbocycles. The van der Waals surface area contributed by atoms with E-state index in [-0.39, 0.29) is 24.1 Å². The van der Waals surface area contributed by atoms with Gasteiger partial charge in [-0.05, 0) is 41.5 Å². The van der Waals surface area contributed by atoms with E-state index in [1.165, 1.54) is 29.1 Å². The van der Waals surface area contributed by atoms with Gasteiger partial charge in [-0.15, -0.1) is 0 Å². The maximum Gasteiger partial charge on any atom is 0.170 e. The molecule has 1 N–H and O–H groups in total. The van der Waals surface area contributed by atoms with Crippen LogP contribution in [0.15, 0.2) is 54.9 Å². The molecule has 5 nitrogen and oxygen atoms in total. The van der Waals surface area contributed by atoms with Crippen LogP contribution in [0.1, 0.15) is 27.6 Å². The molecule has 144 valence electrons. The van der Waals surface area contributed by atoms with E-state index in [0.717, 1.165) is 12.1 Å². The number of carbonyl (C=O) groups is 1. The minimum absolute atomic E-state index is 0.0645. The van der Waals surface area contributed by atoms with E-state index in [1.807, 2.05) is 0 Å². The number of carbonyl (C=O) groups excluding carboxylic acids is 1. The minimum atomic E-state index is -0.425. The molecule has 1 aromatic heterocycles. The van der Waals surface area contributed by atoms with Gasteiger partial charge in [-0.3, -0.25) is 4.79 Å². The van der Waals surface area contributed by atoms with Crippen molar-refractivity contribution in [3.8, 4) is 5.69 Å². The van der Waals surface area contributed by atoms with Crippen molar-refractivity contribution in [3.05, 3.63) is 83.2 Å². The molecule has 3 aromatic rings. The van der Waals surface area contributed by atoms with Gasteiger partial charge in [-0.25, -0.2) is 13.5 Å². The summed E-state index contributed by atoms with van der Waals surface area (Å²) in [6.45, 7) is 2.02. The first-order valence-electron chi connectivity index (χ1n) is 9.04. The normalized spacial score (nSPS) is 16.9. The van der Waals surface area contributed by atoms with Crippen LogP contribution in [0, 0.1) is 11.6 Å². The van der Waals surface area contributed by atoms with Crippen molar-refractivity contribution in [2.24, 2.45) is 0 Å². The number of ketones is 1. The summed E-state index contributed by atoms with van der Waals surface area (Å²) in [5, 5.41) is 7.34. The third-order valence-corrected chi connectivity index (χ3v) is 4.72. The first-order chi connectivity index (χ1) is 13.6. The second-order valence-electron chi connectivity index (χ2n) is 6.66. The van der Waals surface area contributed by atoms with E-state index in [0.29, 0.717) is 30.0 Å². The molecule has 0 aliphatic carbocycles. The molecule has 1 aliphatic rings. The Labute approximate surface area is 160 Å². The fraction of sp³-hybridized carbons (Fsp3) is 0.238. The Bertz CT molecular complexity index is 980. The Morgan fingerprint density at radius 2 is 2.04 bits per heavy atom. The molecule has 2 aromatic carbocycles. The highest BCUT2D eigenvalue weighted by Gasteiger charge is 2.18. The van der Waals surface area contributed by atoms with Crippen molar-refractivity contribution >= 4 is 5.78 Å². The number of nitrogens with one attached hydrogen (secondary N) is 1. The van der Waals surface area contributed by atoms with Gasteiger partial charge in [-0.2, -0.15) is 5.10 Å². The Morgan fingerprint density at radius 1 is 1.21 bits per heavy atom. The van der Waals surface area contributed by atoms with E-state index >= 15 is 0 Å². The smallest absolute Gasteiger partial charge is 0.170 e. The Morgan fingerprint density at radius 3 is 2.75 bits per heavy atom. The number of halogens is 2. The van der Waals surface area contributed by atoms with E-state index in [1.54, 1.807) is 30.5 Å². The fourth-order valence-corrected chi connectivity index (χ4v) is 3.16. The zero-order valence-electron chi connectivity index (χ0n) is 15.1. The van der Waals surface area contributed by atoms with Crippen LogP contribution in [0.5, 0.6) is 0 Å². The molecule has 0 spiro atoms. The van der Waals surface area contributed by atoms with Gasteiger partial charge in [0, 0.05) is 25.7 Å². The van der Waals surface area contributed by atoms with Crippen LogP contribution in [-0.4, -0.2) is 35.3 Å². The van der Waals surface area contributed by atoms with Crippen LogP contribution in [0.4, 0.5) is 8.78 Å². The molecule has 1 saturated heterocycles. The van der Waals surface area contributed by atoms with Crippen molar-refractivity contribution in [1.82, 2.24) is 15.1 Å². The highest BCUT2D eigenvalue weighted by Crippen LogP contribution is 2.22. The number of Topliss-reactive ketones (excluding diaryl/α,β-unsaturated/α-hetero) is 1. The van der Waals surface area contributed by atoms with Crippen molar-refractivity contribution in [1.29, 1.82) is 0 Å². The quantitative estimate of drug-likeness (QED) is 0.688. The summed E-state index contributed by atoms with van der Waals surface area (Å²) >= 11 is 0. The van der Waals surface area contributed by atoms with Gasteiger partial charge >= 0.3 is 0 Å². The molecule has 2 heterocycles. The Kier molecular flexibility index (Phi) is 5.27. The van der Waals surface area contributed by atoms with Gasteiger partial charge in [0.25, 0.3) is 0 Å². The van der Waals surface area contributed by atoms with Gasteiger partial charge in [0.2, 0.25) is 0 Å². The monoisotopic (exact) mass is 383 g/mol. The maximum absolute atomic E-state index is 14.5. The molecule has 1 aliphatic heterocycles. The van der Waals surface area contributed by atoms with E-state index in [4.69, 9.17) is 4.74 Å². The summed E-state index contributed by atoms with van der Waals surface area (Å²) < 4.78 is 34.7. The average Bonchev–Trinajstić information content (AvgIpc) is 3.21.